The number of amides is 1. The zero-order valence-corrected chi connectivity index (χ0v) is 20.9. The zero-order chi connectivity index (χ0) is 25.1. The standard InChI is InChI=1S/C29H31ClF3NO2/c30-22-7-5-21(6-8-22)27(24-3-1-2-4-25(24)29(31,32)33)36-23-16-34(17-23)26(35)15-28-12-18-9-19(13-28)11-20(10-18)14-28/h1-8,18-20,23,27H,9-17H2. The third-order valence-electron chi connectivity index (χ3n) is 8.94. The van der Waals surface area contributed by atoms with E-state index in [-0.39, 0.29) is 23.0 Å². The van der Waals surface area contributed by atoms with E-state index >= 15 is 0 Å². The molecule has 192 valence electrons. The Morgan fingerprint density at radius 3 is 2.14 bits per heavy atom. The molecule has 2 aromatic carbocycles. The van der Waals surface area contributed by atoms with E-state index in [4.69, 9.17) is 16.3 Å². The summed E-state index contributed by atoms with van der Waals surface area (Å²) in [6, 6.07) is 12.3. The molecule has 0 aromatic heterocycles. The molecule has 4 bridgehead atoms. The van der Waals surface area contributed by atoms with Crippen molar-refractivity contribution in [3.05, 3.63) is 70.2 Å². The highest BCUT2D eigenvalue weighted by Crippen LogP contribution is 2.61. The predicted octanol–water partition coefficient (Wildman–Crippen LogP) is 7.28. The van der Waals surface area contributed by atoms with Gasteiger partial charge in [0.25, 0.3) is 0 Å². The maximum Gasteiger partial charge on any atom is 0.416 e. The molecule has 7 rings (SSSR count). The zero-order valence-electron chi connectivity index (χ0n) is 20.1. The van der Waals surface area contributed by atoms with E-state index in [1.807, 2.05) is 4.90 Å². The number of alkyl halides is 3. The van der Waals surface area contributed by atoms with Crippen LogP contribution >= 0.6 is 11.6 Å². The van der Waals surface area contributed by atoms with Crippen molar-refractivity contribution >= 4 is 17.5 Å². The van der Waals surface area contributed by atoms with Crippen LogP contribution < -0.4 is 0 Å². The van der Waals surface area contributed by atoms with Gasteiger partial charge in [0.05, 0.1) is 11.7 Å². The van der Waals surface area contributed by atoms with Crippen LogP contribution in [0.3, 0.4) is 0 Å². The summed E-state index contributed by atoms with van der Waals surface area (Å²) in [5.41, 5.74) is 0.147. The van der Waals surface area contributed by atoms with E-state index in [1.54, 1.807) is 30.3 Å². The molecule has 36 heavy (non-hydrogen) atoms. The molecular formula is C29H31ClF3NO2. The van der Waals surface area contributed by atoms with Crippen LogP contribution in [0.4, 0.5) is 13.2 Å². The summed E-state index contributed by atoms with van der Waals surface area (Å²) in [5.74, 6) is 2.57. The van der Waals surface area contributed by atoms with Crippen LogP contribution in [-0.4, -0.2) is 30.0 Å². The molecule has 4 aliphatic carbocycles. The lowest BCUT2D eigenvalue weighted by Crippen LogP contribution is -2.57. The summed E-state index contributed by atoms with van der Waals surface area (Å²) >= 11 is 6.03. The highest BCUT2D eigenvalue weighted by molar-refractivity contribution is 6.30. The third-order valence-corrected chi connectivity index (χ3v) is 9.19. The second kappa shape index (κ2) is 9.05. The maximum absolute atomic E-state index is 13.8. The molecule has 0 N–H and O–H groups in total. The van der Waals surface area contributed by atoms with Crippen LogP contribution in [0, 0.1) is 23.2 Å². The third kappa shape index (κ3) is 4.67. The monoisotopic (exact) mass is 517 g/mol. The van der Waals surface area contributed by atoms with Gasteiger partial charge in [0, 0.05) is 24.5 Å². The minimum absolute atomic E-state index is 0.0747. The molecule has 5 aliphatic rings. The van der Waals surface area contributed by atoms with Crippen molar-refractivity contribution in [3.63, 3.8) is 0 Å². The van der Waals surface area contributed by atoms with Crippen LogP contribution in [0.15, 0.2) is 48.5 Å². The fraction of sp³-hybridized carbons (Fsp3) is 0.552. The SMILES string of the molecule is O=C(CC12CC3CC(CC(C3)C1)C2)N1CC(OC(c2ccc(Cl)cc2)c2ccccc2C(F)(F)F)C1. The van der Waals surface area contributed by atoms with Gasteiger partial charge in [-0.3, -0.25) is 4.79 Å². The first-order valence-electron chi connectivity index (χ1n) is 13.0. The van der Waals surface area contributed by atoms with Crippen LogP contribution in [0.2, 0.25) is 5.02 Å². The Kier molecular flexibility index (Phi) is 6.11. The van der Waals surface area contributed by atoms with Gasteiger partial charge >= 0.3 is 6.18 Å². The molecule has 0 radical (unpaired) electrons. The van der Waals surface area contributed by atoms with Crippen molar-refractivity contribution in [2.45, 2.75) is 63.3 Å². The maximum atomic E-state index is 13.8. The highest BCUT2D eigenvalue weighted by atomic mass is 35.5. The summed E-state index contributed by atoms with van der Waals surface area (Å²) in [5, 5.41) is 0.506. The Balaban J connectivity index is 1.15. The Morgan fingerprint density at radius 2 is 1.56 bits per heavy atom. The summed E-state index contributed by atoms with van der Waals surface area (Å²) in [4.78, 5) is 15.0. The molecule has 7 heteroatoms. The molecule has 1 saturated heterocycles. The van der Waals surface area contributed by atoms with Gasteiger partial charge < -0.3 is 9.64 Å². The van der Waals surface area contributed by atoms with Crippen molar-refractivity contribution in [1.29, 1.82) is 0 Å². The van der Waals surface area contributed by atoms with Gasteiger partial charge in [-0.1, -0.05) is 41.9 Å². The van der Waals surface area contributed by atoms with Crippen molar-refractivity contribution in [1.82, 2.24) is 4.90 Å². The quantitative estimate of drug-likeness (QED) is 0.403. The molecule has 1 atom stereocenters. The number of hydrogen-bond acceptors (Lipinski definition) is 2. The number of benzene rings is 2. The summed E-state index contributed by atoms with van der Waals surface area (Å²) < 4.78 is 47.7. The topological polar surface area (TPSA) is 29.5 Å². The van der Waals surface area contributed by atoms with E-state index in [9.17, 15) is 18.0 Å². The van der Waals surface area contributed by atoms with Crippen LogP contribution in [-0.2, 0) is 15.7 Å². The Labute approximate surface area is 215 Å². The predicted molar refractivity (Wildman–Crippen MR) is 131 cm³/mol. The smallest absolute Gasteiger partial charge is 0.362 e. The van der Waals surface area contributed by atoms with Crippen LogP contribution in [0.5, 0.6) is 0 Å². The molecule has 1 unspecified atom stereocenters. The number of carbonyl (C=O) groups is 1. The molecular weight excluding hydrogens is 487 g/mol. The Bertz CT molecular complexity index is 1090. The van der Waals surface area contributed by atoms with Gasteiger partial charge in [0.15, 0.2) is 0 Å². The molecule has 1 amide bonds. The van der Waals surface area contributed by atoms with E-state index < -0.39 is 17.8 Å². The van der Waals surface area contributed by atoms with Crippen molar-refractivity contribution < 1.29 is 22.7 Å². The van der Waals surface area contributed by atoms with E-state index in [0.717, 1.165) is 23.8 Å². The number of hydrogen-bond donors (Lipinski definition) is 0. The van der Waals surface area contributed by atoms with Gasteiger partial charge in [0.1, 0.15) is 6.10 Å². The van der Waals surface area contributed by atoms with Gasteiger partial charge in [0.2, 0.25) is 5.91 Å². The summed E-state index contributed by atoms with van der Waals surface area (Å²) in [6.07, 6.45) is 2.50. The number of carbonyl (C=O) groups excluding carboxylic acids is 1. The molecule has 3 nitrogen and oxygen atoms in total. The average molecular weight is 518 g/mol. The summed E-state index contributed by atoms with van der Waals surface area (Å²) in [7, 11) is 0. The van der Waals surface area contributed by atoms with Crippen molar-refractivity contribution in [2.75, 3.05) is 13.1 Å². The van der Waals surface area contributed by atoms with Crippen molar-refractivity contribution in [3.8, 4) is 0 Å². The second-order valence-corrected chi connectivity index (χ2v) is 12.1. The summed E-state index contributed by atoms with van der Waals surface area (Å²) in [6.45, 7) is 0.840. The largest absolute Gasteiger partial charge is 0.416 e. The first kappa shape index (κ1) is 24.3. The van der Waals surface area contributed by atoms with Crippen LogP contribution in [0.1, 0.15) is 67.7 Å². The number of rotatable bonds is 6. The second-order valence-electron chi connectivity index (χ2n) is 11.7. The van der Waals surface area contributed by atoms with Gasteiger partial charge in [-0.25, -0.2) is 0 Å². The first-order chi connectivity index (χ1) is 17.2. The molecule has 1 aliphatic heterocycles. The minimum Gasteiger partial charge on any atom is -0.362 e. The normalized spacial score (nSPS) is 30.3. The number of likely N-dealkylation sites (tertiary alicyclic amines) is 1. The molecule has 5 fully saturated rings. The first-order valence-corrected chi connectivity index (χ1v) is 13.4. The van der Waals surface area contributed by atoms with Gasteiger partial charge in [-0.15, -0.1) is 0 Å². The Morgan fingerprint density at radius 1 is 0.972 bits per heavy atom. The minimum atomic E-state index is -4.50. The molecule has 0 spiro atoms. The number of nitrogens with zero attached hydrogens (tertiary/aromatic N) is 1. The molecule has 1 heterocycles. The molecule has 2 aromatic rings. The average Bonchev–Trinajstić information content (AvgIpc) is 2.77. The van der Waals surface area contributed by atoms with E-state index in [2.05, 4.69) is 0 Å². The lowest BCUT2D eigenvalue weighted by atomic mass is 9.49. The van der Waals surface area contributed by atoms with Crippen LogP contribution in [0.25, 0.3) is 0 Å². The van der Waals surface area contributed by atoms with Gasteiger partial charge in [-0.2, -0.15) is 13.2 Å². The molecule has 4 saturated carbocycles. The Hall–Kier alpha value is -2.05. The lowest BCUT2D eigenvalue weighted by molar-refractivity contribution is -0.156. The van der Waals surface area contributed by atoms with E-state index in [1.165, 1.54) is 50.7 Å². The highest BCUT2D eigenvalue weighted by Gasteiger charge is 2.52. The number of ether oxygens (including phenoxy) is 1. The fourth-order valence-corrected chi connectivity index (χ4v) is 7.94. The van der Waals surface area contributed by atoms with E-state index in [0.29, 0.717) is 30.1 Å². The fourth-order valence-electron chi connectivity index (χ4n) is 7.81. The lowest BCUT2D eigenvalue weighted by Gasteiger charge is -2.57. The van der Waals surface area contributed by atoms with Crippen molar-refractivity contribution in [2.24, 2.45) is 23.2 Å². The van der Waals surface area contributed by atoms with Gasteiger partial charge in [-0.05, 0) is 91.0 Å². The number of halogens is 4.